The molecule has 0 aliphatic rings. The van der Waals surface area contributed by atoms with Crippen molar-refractivity contribution in [3.05, 3.63) is 53.9 Å². The molecular weight excluding hydrogens is 241 g/mol. The lowest BCUT2D eigenvalue weighted by Gasteiger charge is -2.09. The monoisotopic (exact) mass is 261 g/mol. The molecule has 4 heteroatoms. The lowest BCUT2D eigenvalue weighted by molar-refractivity contribution is 0.576. The highest BCUT2D eigenvalue weighted by atomic mass is 19.1. The molecule has 0 fully saturated rings. The highest BCUT2D eigenvalue weighted by Gasteiger charge is 2.04. The van der Waals surface area contributed by atoms with E-state index in [1.165, 1.54) is 6.07 Å². The molecule has 2 rings (SSSR count). The van der Waals surface area contributed by atoms with Crippen LogP contribution in [0.5, 0.6) is 0 Å². The Bertz CT molecular complexity index is 508. The second-order valence-electron chi connectivity index (χ2n) is 4.60. The van der Waals surface area contributed by atoms with Crippen LogP contribution >= 0.6 is 0 Å². The molecule has 3 nitrogen and oxygen atoms in total. The van der Waals surface area contributed by atoms with E-state index >= 15 is 0 Å². The van der Waals surface area contributed by atoms with Gasteiger partial charge in [-0.2, -0.15) is 0 Å². The molecule has 0 atom stereocenters. The summed E-state index contributed by atoms with van der Waals surface area (Å²) in [6, 6.07) is 6.93. The summed E-state index contributed by atoms with van der Waals surface area (Å²) in [5.41, 5.74) is 1.90. The van der Waals surface area contributed by atoms with Gasteiger partial charge in [-0.1, -0.05) is 25.1 Å². The fraction of sp³-hybridized carbons (Fsp3) is 0.400. The first kappa shape index (κ1) is 13.7. The summed E-state index contributed by atoms with van der Waals surface area (Å²) in [7, 11) is 0. The van der Waals surface area contributed by atoms with Crippen molar-refractivity contribution in [3.63, 3.8) is 0 Å². The number of hydrogen-bond acceptors (Lipinski definition) is 2. The van der Waals surface area contributed by atoms with Crippen LogP contribution in [0, 0.1) is 5.82 Å². The van der Waals surface area contributed by atoms with Crippen LogP contribution in [0.1, 0.15) is 24.6 Å². The Hall–Kier alpha value is -1.68. The normalized spacial score (nSPS) is 10.8. The summed E-state index contributed by atoms with van der Waals surface area (Å²) >= 11 is 0. The highest BCUT2D eigenvalue weighted by Crippen LogP contribution is 2.09. The van der Waals surface area contributed by atoms with Crippen LogP contribution in [-0.4, -0.2) is 16.1 Å². The van der Waals surface area contributed by atoms with E-state index in [1.807, 2.05) is 24.7 Å². The number of aryl methyl sites for hydroxylation is 2. The Morgan fingerprint density at radius 3 is 2.95 bits per heavy atom. The standard InChI is InChI=1S/C15H20FN3/c1-2-8-17-10-14-11-18-12-19(14)9-7-13-5-3-4-6-15(13)16/h3-6,11-12,17H,2,7-10H2,1H3. The number of nitrogens with one attached hydrogen (secondary N) is 1. The van der Waals surface area contributed by atoms with Crippen LogP contribution in [0.4, 0.5) is 4.39 Å². The zero-order valence-electron chi connectivity index (χ0n) is 11.3. The van der Waals surface area contributed by atoms with Crippen molar-refractivity contribution in [2.45, 2.75) is 32.9 Å². The molecule has 0 aliphatic heterocycles. The zero-order chi connectivity index (χ0) is 13.5. The van der Waals surface area contributed by atoms with Crippen LogP contribution in [0.2, 0.25) is 0 Å². The van der Waals surface area contributed by atoms with E-state index in [0.29, 0.717) is 6.42 Å². The van der Waals surface area contributed by atoms with Gasteiger partial charge >= 0.3 is 0 Å². The Kier molecular flexibility index (Phi) is 5.10. The lowest BCUT2D eigenvalue weighted by atomic mass is 10.1. The molecule has 19 heavy (non-hydrogen) atoms. The van der Waals surface area contributed by atoms with Gasteiger partial charge in [0.2, 0.25) is 0 Å². The number of nitrogens with zero attached hydrogens (tertiary/aromatic N) is 2. The smallest absolute Gasteiger partial charge is 0.126 e. The van der Waals surface area contributed by atoms with E-state index in [9.17, 15) is 4.39 Å². The fourth-order valence-electron chi connectivity index (χ4n) is 2.03. The van der Waals surface area contributed by atoms with Gasteiger partial charge in [0, 0.05) is 19.3 Å². The molecule has 102 valence electrons. The fourth-order valence-corrected chi connectivity index (χ4v) is 2.03. The van der Waals surface area contributed by atoms with Gasteiger partial charge in [0.25, 0.3) is 0 Å². The minimum absolute atomic E-state index is 0.131. The van der Waals surface area contributed by atoms with E-state index in [2.05, 4.69) is 21.8 Å². The number of hydrogen-bond donors (Lipinski definition) is 1. The molecule has 0 spiro atoms. The maximum Gasteiger partial charge on any atom is 0.126 e. The number of benzene rings is 1. The van der Waals surface area contributed by atoms with Crippen molar-refractivity contribution >= 4 is 0 Å². The summed E-state index contributed by atoms with van der Waals surface area (Å²) < 4.78 is 15.6. The van der Waals surface area contributed by atoms with Crippen LogP contribution in [0.25, 0.3) is 0 Å². The molecule has 1 heterocycles. The van der Waals surface area contributed by atoms with E-state index in [0.717, 1.165) is 37.3 Å². The molecule has 0 aliphatic carbocycles. The topological polar surface area (TPSA) is 29.9 Å². The first-order chi connectivity index (χ1) is 9.31. The Balaban J connectivity index is 1.93. The van der Waals surface area contributed by atoms with Gasteiger partial charge in [0.1, 0.15) is 5.82 Å². The number of halogens is 1. The third-order valence-corrected chi connectivity index (χ3v) is 3.11. The summed E-state index contributed by atoms with van der Waals surface area (Å²) in [4.78, 5) is 4.16. The average Bonchev–Trinajstić information content (AvgIpc) is 2.86. The molecule has 0 saturated heterocycles. The molecule has 0 saturated carbocycles. The maximum absolute atomic E-state index is 13.5. The van der Waals surface area contributed by atoms with E-state index in [1.54, 1.807) is 6.07 Å². The van der Waals surface area contributed by atoms with Crippen LogP contribution in [-0.2, 0) is 19.5 Å². The third-order valence-electron chi connectivity index (χ3n) is 3.11. The predicted octanol–water partition coefficient (Wildman–Crippen LogP) is 2.76. The van der Waals surface area contributed by atoms with Gasteiger partial charge < -0.3 is 9.88 Å². The Morgan fingerprint density at radius 2 is 2.16 bits per heavy atom. The molecule has 2 aromatic rings. The van der Waals surface area contributed by atoms with Gasteiger partial charge in [-0.05, 0) is 31.0 Å². The Morgan fingerprint density at radius 1 is 1.32 bits per heavy atom. The molecule has 0 radical (unpaired) electrons. The van der Waals surface area contributed by atoms with Crippen molar-refractivity contribution < 1.29 is 4.39 Å². The van der Waals surface area contributed by atoms with E-state index in [-0.39, 0.29) is 5.82 Å². The summed E-state index contributed by atoms with van der Waals surface area (Å²) in [5, 5.41) is 3.35. The first-order valence-corrected chi connectivity index (χ1v) is 6.74. The van der Waals surface area contributed by atoms with Crippen LogP contribution in [0.15, 0.2) is 36.8 Å². The minimum Gasteiger partial charge on any atom is -0.333 e. The van der Waals surface area contributed by atoms with Gasteiger partial charge in [0.15, 0.2) is 0 Å². The second kappa shape index (κ2) is 7.04. The molecule has 0 bridgehead atoms. The van der Waals surface area contributed by atoms with Gasteiger partial charge in [0.05, 0.1) is 12.0 Å². The van der Waals surface area contributed by atoms with Gasteiger partial charge in [-0.3, -0.25) is 0 Å². The summed E-state index contributed by atoms with van der Waals surface area (Å²) in [6.07, 6.45) is 5.47. The molecular formula is C15H20FN3. The average molecular weight is 261 g/mol. The molecule has 1 N–H and O–H groups in total. The Labute approximate surface area is 113 Å². The van der Waals surface area contributed by atoms with Crippen molar-refractivity contribution in [1.29, 1.82) is 0 Å². The maximum atomic E-state index is 13.5. The number of rotatable bonds is 7. The van der Waals surface area contributed by atoms with Crippen molar-refractivity contribution in [1.82, 2.24) is 14.9 Å². The molecule has 1 aromatic carbocycles. The highest BCUT2D eigenvalue weighted by molar-refractivity contribution is 5.17. The molecule has 1 aromatic heterocycles. The van der Waals surface area contributed by atoms with E-state index in [4.69, 9.17) is 0 Å². The van der Waals surface area contributed by atoms with Crippen molar-refractivity contribution in [2.75, 3.05) is 6.54 Å². The van der Waals surface area contributed by atoms with Crippen LogP contribution in [0.3, 0.4) is 0 Å². The van der Waals surface area contributed by atoms with Gasteiger partial charge in [-0.15, -0.1) is 0 Å². The molecule has 0 amide bonds. The second-order valence-corrected chi connectivity index (χ2v) is 4.60. The van der Waals surface area contributed by atoms with Crippen molar-refractivity contribution in [2.24, 2.45) is 0 Å². The summed E-state index contributed by atoms with van der Waals surface area (Å²) in [5.74, 6) is -0.131. The van der Waals surface area contributed by atoms with Gasteiger partial charge in [-0.25, -0.2) is 9.37 Å². The van der Waals surface area contributed by atoms with Crippen molar-refractivity contribution in [3.8, 4) is 0 Å². The molecule has 0 unspecified atom stereocenters. The zero-order valence-corrected chi connectivity index (χ0v) is 11.3. The predicted molar refractivity (Wildman–Crippen MR) is 74.3 cm³/mol. The minimum atomic E-state index is -0.131. The summed E-state index contributed by atoms with van der Waals surface area (Å²) in [6.45, 7) is 4.70. The van der Waals surface area contributed by atoms with Crippen LogP contribution < -0.4 is 5.32 Å². The largest absolute Gasteiger partial charge is 0.333 e. The quantitative estimate of drug-likeness (QED) is 0.777. The lowest BCUT2D eigenvalue weighted by Crippen LogP contribution is -2.17. The number of aromatic nitrogens is 2. The van der Waals surface area contributed by atoms with E-state index < -0.39 is 0 Å². The SMILES string of the molecule is CCCNCc1cncn1CCc1ccccc1F. The third kappa shape index (κ3) is 3.89. The first-order valence-electron chi connectivity index (χ1n) is 6.74. The number of imidazole rings is 1.